The maximum Gasteiger partial charge on any atom is 0.227 e. The zero-order valence-electron chi connectivity index (χ0n) is 18.7. The average Bonchev–Trinajstić information content (AvgIpc) is 2.86. The van der Waals surface area contributed by atoms with Gasteiger partial charge in [-0.3, -0.25) is 14.7 Å². The first-order valence-corrected chi connectivity index (χ1v) is 12.0. The summed E-state index contributed by atoms with van der Waals surface area (Å²) >= 11 is 0. The predicted molar refractivity (Wildman–Crippen MR) is 131 cm³/mol. The second-order valence-electron chi connectivity index (χ2n) is 9.11. The SMILES string of the molecule is O=C(Nc1cnc2ccccc2c1N1CCN(Cc2ccccc2)CC1)C1CCCCC1. The van der Waals surface area contributed by atoms with Gasteiger partial charge in [0.05, 0.1) is 23.1 Å². The molecule has 0 atom stereocenters. The lowest BCUT2D eigenvalue weighted by Gasteiger charge is -2.37. The molecule has 1 aliphatic carbocycles. The summed E-state index contributed by atoms with van der Waals surface area (Å²) in [4.78, 5) is 22.6. The Morgan fingerprint density at radius 3 is 2.41 bits per heavy atom. The number of hydrogen-bond acceptors (Lipinski definition) is 4. The van der Waals surface area contributed by atoms with E-state index < -0.39 is 0 Å². The third-order valence-electron chi connectivity index (χ3n) is 6.92. The van der Waals surface area contributed by atoms with Gasteiger partial charge in [-0.1, -0.05) is 67.8 Å². The van der Waals surface area contributed by atoms with Gasteiger partial charge in [0.15, 0.2) is 0 Å². The van der Waals surface area contributed by atoms with Crippen LogP contribution in [0.15, 0.2) is 60.8 Å². The molecule has 1 saturated carbocycles. The summed E-state index contributed by atoms with van der Waals surface area (Å²) in [6, 6.07) is 18.9. The molecule has 0 unspecified atom stereocenters. The van der Waals surface area contributed by atoms with Crippen molar-refractivity contribution in [1.82, 2.24) is 9.88 Å². The van der Waals surface area contributed by atoms with E-state index in [0.29, 0.717) is 0 Å². The van der Waals surface area contributed by atoms with E-state index in [1.165, 1.54) is 12.0 Å². The highest BCUT2D eigenvalue weighted by atomic mass is 16.1. The minimum Gasteiger partial charge on any atom is -0.367 e. The smallest absolute Gasteiger partial charge is 0.227 e. The summed E-state index contributed by atoms with van der Waals surface area (Å²) in [7, 11) is 0. The molecule has 2 heterocycles. The minimum absolute atomic E-state index is 0.130. The second kappa shape index (κ2) is 9.70. The normalized spacial score (nSPS) is 18.1. The highest BCUT2D eigenvalue weighted by Gasteiger charge is 2.25. The number of anilines is 2. The molecule has 0 radical (unpaired) electrons. The van der Waals surface area contributed by atoms with Gasteiger partial charge in [0.25, 0.3) is 0 Å². The molecule has 2 aromatic carbocycles. The Hall–Kier alpha value is -2.92. The van der Waals surface area contributed by atoms with Crippen molar-refractivity contribution < 1.29 is 4.79 Å². The van der Waals surface area contributed by atoms with Gasteiger partial charge in [-0.25, -0.2) is 0 Å². The van der Waals surface area contributed by atoms with E-state index in [4.69, 9.17) is 0 Å². The van der Waals surface area contributed by atoms with Crippen LogP contribution < -0.4 is 10.2 Å². The van der Waals surface area contributed by atoms with Gasteiger partial charge < -0.3 is 10.2 Å². The lowest BCUT2D eigenvalue weighted by molar-refractivity contribution is -0.120. The summed E-state index contributed by atoms with van der Waals surface area (Å²) in [6.45, 7) is 4.86. The van der Waals surface area contributed by atoms with Crippen LogP contribution in [0.5, 0.6) is 0 Å². The molecule has 2 aliphatic rings. The maximum absolute atomic E-state index is 13.0. The Balaban J connectivity index is 1.36. The van der Waals surface area contributed by atoms with Crippen molar-refractivity contribution in [3.63, 3.8) is 0 Å². The molecule has 3 aromatic rings. The number of aromatic nitrogens is 1. The van der Waals surface area contributed by atoms with Gasteiger partial charge in [-0.15, -0.1) is 0 Å². The lowest BCUT2D eigenvalue weighted by atomic mass is 9.88. The van der Waals surface area contributed by atoms with Gasteiger partial charge in [-0.2, -0.15) is 0 Å². The zero-order chi connectivity index (χ0) is 21.8. The van der Waals surface area contributed by atoms with Crippen LogP contribution in [0.1, 0.15) is 37.7 Å². The van der Waals surface area contributed by atoms with Crippen LogP contribution >= 0.6 is 0 Å². The zero-order valence-corrected chi connectivity index (χ0v) is 18.7. The molecular weight excluding hydrogens is 396 g/mol. The largest absolute Gasteiger partial charge is 0.367 e. The molecule has 2 fully saturated rings. The van der Waals surface area contributed by atoms with E-state index >= 15 is 0 Å². The van der Waals surface area contributed by atoms with Crippen molar-refractivity contribution in [3.05, 3.63) is 66.4 Å². The number of benzene rings is 2. The molecule has 32 heavy (non-hydrogen) atoms. The summed E-state index contributed by atoms with van der Waals surface area (Å²) < 4.78 is 0. The molecule has 1 N–H and O–H groups in total. The number of nitrogens with zero attached hydrogens (tertiary/aromatic N) is 3. The summed E-state index contributed by atoms with van der Waals surface area (Å²) in [5.74, 6) is 0.288. The Bertz CT molecular complexity index is 1050. The number of amides is 1. The topological polar surface area (TPSA) is 48.5 Å². The van der Waals surface area contributed by atoms with E-state index in [2.05, 4.69) is 68.6 Å². The number of carbonyl (C=O) groups is 1. The summed E-state index contributed by atoms with van der Waals surface area (Å²) in [6.07, 6.45) is 7.42. The van der Waals surface area contributed by atoms with E-state index in [-0.39, 0.29) is 11.8 Å². The first kappa shape index (κ1) is 21.0. The van der Waals surface area contributed by atoms with Gasteiger partial charge >= 0.3 is 0 Å². The number of fused-ring (bicyclic) bond motifs is 1. The van der Waals surface area contributed by atoms with E-state index in [1.807, 2.05) is 12.3 Å². The third-order valence-corrected chi connectivity index (χ3v) is 6.92. The Kier molecular flexibility index (Phi) is 6.35. The first-order chi connectivity index (χ1) is 15.8. The number of pyridine rings is 1. The number of hydrogen-bond donors (Lipinski definition) is 1. The molecule has 166 valence electrons. The van der Waals surface area contributed by atoms with Crippen molar-refractivity contribution in [2.75, 3.05) is 36.4 Å². The highest BCUT2D eigenvalue weighted by molar-refractivity contribution is 6.04. The minimum atomic E-state index is 0.130. The van der Waals surface area contributed by atoms with Crippen LogP contribution in [0.3, 0.4) is 0 Å². The van der Waals surface area contributed by atoms with Gasteiger partial charge in [0.1, 0.15) is 0 Å². The maximum atomic E-state index is 13.0. The number of piperazine rings is 1. The fraction of sp³-hybridized carbons (Fsp3) is 0.407. The molecule has 1 saturated heterocycles. The first-order valence-electron chi connectivity index (χ1n) is 12.0. The van der Waals surface area contributed by atoms with Crippen molar-refractivity contribution >= 4 is 28.2 Å². The standard InChI is InChI=1S/C27H32N4O/c32-27(22-11-5-2-6-12-22)29-25-19-28-24-14-8-7-13-23(24)26(25)31-17-15-30(16-18-31)20-21-9-3-1-4-10-21/h1,3-4,7-10,13-14,19,22H,2,5-6,11-12,15-18,20H2,(H,29,32). The summed E-state index contributed by atoms with van der Waals surface area (Å²) in [5.41, 5.74) is 4.32. The fourth-order valence-electron chi connectivity index (χ4n) is 5.13. The average molecular weight is 429 g/mol. The molecule has 0 spiro atoms. The summed E-state index contributed by atoms with van der Waals surface area (Å²) in [5, 5.41) is 4.38. The van der Waals surface area contributed by atoms with Gasteiger partial charge in [0, 0.05) is 44.0 Å². The van der Waals surface area contributed by atoms with E-state index in [0.717, 1.165) is 80.7 Å². The van der Waals surface area contributed by atoms with Crippen molar-refractivity contribution in [2.45, 2.75) is 38.6 Å². The van der Waals surface area contributed by atoms with Crippen molar-refractivity contribution in [1.29, 1.82) is 0 Å². The second-order valence-corrected chi connectivity index (χ2v) is 9.11. The fourth-order valence-corrected chi connectivity index (χ4v) is 5.13. The van der Waals surface area contributed by atoms with E-state index in [1.54, 1.807) is 0 Å². The quantitative estimate of drug-likeness (QED) is 0.616. The molecule has 5 rings (SSSR count). The van der Waals surface area contributed by atoms with E-state index in [9.17, 15) is 4.79 Å². The molecular formula is C27H32N4O. The molecule has 0 bridgehead atoms. The van der Waals surface area contributed by atoms with Crippen LogP contribution in [0, 0.1) is 5.92 Å². The molecule has 5 nitrogen and oxygen atoms in total. The van der Waals surface area contributed by atoms with Crippen LogP contribution in [0.25, 0.3) is 10.9 Å². The highest BCUT2D eigenvalue weighted by Crippen LogP contribution is 2.35. The third kappa shape index (κ3) is 4.63. The van der Waals surface area contributed by atoms with Crippen molar-refractivity contribution in [3.8, 4) is 0 Å². The van der Waals surface area contributed by atoms with Crippen LogP contribution in [0.4, 0.5) is 11.4 Å². The number of para-hydroxylation sites is 1. The monoisotopic (exact) mass is 428 g/mol. The van der Waals surface area contributed by atoms with Crippen LogP contribution in [-0.2, 0) is 11.3 Å². The molecule has 5 heteroatoms. The Morgan fingerprint density at radius 1 is 0.906 bits per heavy atom. The van der Waals surface area contributed by atoms with Crippen LogP contribution in [0.2, 0.25) is 0 Å². The lowest BCUT2D eigenvalue weighted by Crippen LogP contribution is -2.46. The number of nitrogens with one attached hydrogen (secondary N) is 1. The predicted octanol–water partition coefficient (Wildman–Crippen LogP) is 5.08. The Labute approximate surface area is 190 Å². The van der Waals surface area contributed by atoms with Gasteiger partial charge in [-0.05, 0) is 24.5 Å². The Morgan fingerprint density at radius 2 is 1.62 bits per heavy atom. The van der Waals surface area contributed by atoms with Crippen molar-refractivity contribution in [2.24, 2.45) is 5.92 Å². The van der Waals surface area contributed by atoms with Crippen LogP contribution in [-0.4, -0.2) is 42.0 Å². The molecule has 1 aromatic heterocycles. The number of carbonyl (C=O) groups excluding carboxylic acids is 1. The molecule has 1 amide bonds. The molecule has 1 aliphatic heterocycles. The number of rotatable bonds is 5. The van der Waals surface area contributed by atoms with Gasteiger partial charge in [0.2, 0.25) is 5.91 Å².